The monoisotopic (exact) mass is 274 g/mol. The number of carbonyl (C=O) groups is 1. The largest absolute Gasteiger partial charge is 0.345 e. The van der Waals surface area contributed by atoms with Crippen molar-refractivity contribution in [1.82, 2.24) is 10.2 Å². The van der Waals surface area contributed by atoms with Gasteiger partial charge in [0.25, 0.3) is 0 Å². The molecule has 20 heavy (non-hydrogen) atoms. The van der Waals surface area contributed by atoms with Crippen LogP contribution in [0.25, 0.3) is 0 Å². The van der Waals surface area contributed by atoms with Gasteiger partial charge in [-0.15, -0.1) is 0 Å². The third-order valence-electron chi connectivity index (χ3n) is 4.35. The predicted molar refractivity (Wildman–Crippen MR) is 82.6 cm³/mol. The van der Waals surface area contributed by atoms with Crippen molar-refractivity contribution in [3.05, 3.63) is 35.9 Å². The molecule has 1 aromatic carbocycles. The summed E-state index contributed by atoms with van der Waals surface area (Å²) in [5, 5.41) is 3.36. The van der Waals surface area contributed by atoms with Gasteiger partial charge in [-0.1, -0.05) is 43.7 Å². The maximum atomic E-state index is 12.8. The Morgan fingerprint density at radius 1 is 1.35 bits per heavy atom. The first-order chi connectivity index (χ1) is 9.68. The van der Waals surface area contributed by atoms with E-state index in [4.69, 9.17) is 0 Å². The number of benzene rings is 1. The van der Waals surface area contributed by atoms with Crippen LogP contribution < -0.4 is 5.32 Å². The quantitative estimate of drug-likeness (QED) is 0.864. The molecular formula is C17H26N2O. The average molecular weight is 274 g/mol. The van der Waals surface area contributed by atoms with E-state index in [0.717, 1.165) is 45.3 Å². The topological polar surface area (TPSA) is 32.3 Å². The number of nitrogens with one attached hydrogen (secondary N) is 1. The highest BCUT2D eigenvalue weighted by molar-refractivity contribution is 5.83. The van der Waals surface area contributed by atoms with E-state index in [1.54, 1.807) is 0 Å². The Labute approximate surface area is 122 Å². The van der Waals surface area contributed by atoms with Gasteiger partial charge in [0.15, 0.2) is 0 Å². The summed E-state index contributed by atoms with van der Waals surface area (Å²) in [6.45, 7) is 4.78. The molecule has 1 unspecified atom stereocenters. The number of rotatable bonds is 6. The molecule has 1 amide bonds. The summed E-state index contributed by atoms with van der Waals surface area (Å²) in [6, 6.07) is 10.4. The molecule has 1 aliphatic rings. The Bertz CT molecular complexity index is 424. The molecule has 2 rings (SSSR count). The standard InChI is InChI=1S/C17H26N2O/c1-3-10-17(11-12-18-14-17)16(20)19(2)13-9-15-7-5-4-6-8-15/h4-8,18H,3,9-14H2,1-2H3. The minimum atomic E-state index is -0.153. The predicted octanol–water partition coefficient (Wildman–Crippen LogP) is 2.47. The van der Waals surface area contributed by atoms with Crippen LogP contribution in [0.4, 0.5) is 0 Å². The Hall–Kier alpha value is -1.35. The smallest absolute Gasteiger partial charge is 0.229 e. The molecule has 1 fully saturated rings. The minimum absolute atomic E-state index is 0.153. The molecule has 3 nitrogen and oxygen atoms in total. The van der Waals surface area contributed by atoms with E-state index in [2.05, 4.69) is 36.5 Å². The van der Waals surface area contributed by atoms with Crippen LogP contribution in [0.1, 0.15) is 31.7 Å². The van der Waals surface area contributed by atoms with E-state index in [-0.39, 0.29) is 5.41 Å². The first kappa shape index (κ1) is 15.0. The Morgan fingerprint density at radius 2 is 2.10 bits per heavy atom. The van der Waals surface area contributed by atoms with Crippen LogP contribution in [0.15, 0.2) is 30.3 Å². The molecule has 1 aromatic rings. The summed E-state index contributed by atoms with van der Waals surface area (Å²) in [5.41, 5.74) is 1.14. The number of carbonyl (C=O) groups excluding carboxylic acids is 1. The van der Waals surface area contributed by atoms with Crippen molar-refractivity contribution >= 4 is 5.91 Å². The summed E-state index contributed by atoms with van der Waals surface area (Å²) in [6.07, 6.45) is 3.97. The van der Waals surface area contributed by atoms with Crippen LogP contribution in [-0.4, -0.2) is 37.5 Å². The Kier molecular flexibility index (Phi) is 5.18. The second kappa shape index (κ2) is 6.89. The molecule has 110 valence electrons. The Morgan fingerprint density at radius 3 is 2.70 bits per heavy atom. The minimum Gasteiger partial charge on any atom is -0.345 e. The van der Waals surface area contributed by atoms with E-state index in [9.17, 15) is 4.79 Å². The second-order valence-corrected chi connectivity index (χ2v) is 5.92. The Balaban J connectivity index is 1.93. The summed E-state index contributed by atoms with van der Waals surface area (Å²) in [4.78, 5) is 14.7. The lowest BCUT2D eigenvalue weighted by molar-refractivity contribution is -0.140. The normalized spacial score (nSPS) is 21.9. The third-order valence-corrected chi connectivity index (χ3v) is 4.35. The molecule has 0 aliphatic carbocycles. The third kappa shape index (κ3) is 3.40. The van der Waals surface area contributed by atoms with Crippen molar-refractivity contribution in [3.63, 3.8) is 0 Å². The lowest BCUT2D eigenvalue weighted by Gasteiger charge is -2.31. The molecule has 3 heteroatoms. The van der Waals surface area contributed by atoms with Gasteiger partial charge < -0.3 is 10.2 Å². The first-order valence-corrected chi connectivity index (χ1v) is 7.68. The molecular weight excluding hydrogens is 248 g/mol. The van der Waals surface area contributed by atoms with Gasteiger partial charge >= 0.3 is 0 Å². The summed E-state index contributed by atoms with van der Waals surface area (Å²) in [7, 11) is 1.95. The highest BCUT2D eigenvalue weighted by Crippen LogP contribution is 2.33. The summed E-state index contributed by atoms with van der Waals surface area (Å²) >= 11 is 0. The zero-order chi connectivity index (χ0) is 14.4. The number of amides is 1. The zero-order valence-corrected chi connectivity index (χ0v) is 12.7. The number of likely N-dealkylation sites (N-methyl/N-ethyl adjacent to an activating group) is 1. The van der Waals surface area contributed by atoms with Crippen molar-refractivity contribution in [3.8, 4) is 0 Å². The molecule has 1 atom stereocenters. The van der Waals surface area contributed by atoms with Gasteiger partial charge in [-0.05, 0) is 31.4 Å². The highest BCUT2D eigenvalue weighted by atomic mass is 16.2. The van der Waals surface area contributed by atoms with Gasteiger partial charge in [0.1, 0.15) is 0 Å². The summed E-state index contributed by atoms with van der Waals surface area (Å²) in [5.74, 6) is 0.320. The van der Waals surface area contributed by atoms with E-state index in [1.165, 1.54) is 5.56 Å². The molecule has 0 bridgehead atoms. The SMILES string of the molecule is CCCC1(C(=O)N(C)CCc2ccccc2)CCNC1. The first-order valence-electron chi connectivity index (χ1n) is 7.68. The fraction of sp³-hybridized carbons (Fsp3) is 0.588. The van der Waals surface area contributed by atoms with Gasteiger partial charge in [0.2, 0.25) is 5.91 Å². The van der Waals surface area contributed by atoms with Crippen LogP contribution in [0.3, 0.4) is 0 Å². The van der Waals surface area contributed by atoms with E-state index < -0.39 is 0 Å². The van der Waals surface area contributed by atoms with E-state index >= 15 is 0 Å². The molecule has 0 radical (unpaired) electrons. The van der Waals surface area contributed by atoms with Crippen molar-refractivity contribution in [2.45, 2.75) is 32.6 Å². The fourth-order valence-corrected chi connectivity index (χ4v) is 3.17. The summed E-state index contributed by atoms with van der Waals surface area (Å²) < 4.78 is 0. The average Bonchev–Trinajstić information content (AvgIpc) is 2.95. The number of hydrogen-bond acceptors (Lipinski definition) is 2. The van der Waals surface area contributed by atoms with Crippen LogP contribution >= 0.6 is 0 Å². The van der Waals surface area contributed by atoms with Crippen LogP contribution in [-0.2, 0) is 11.2 Å². The van der Waals surface area contributed by atoms with Crippen molar-refractivity contribution < 1.29 is 4.79 Å². The highest BCUT2D eigenvalue weighted by Gasteiger charge is 2.41. The van der Waals surface area contributed by atoms with Gasteiger partial charge in [-0.2, -0.15) is 0 Å². The lowest BCUT2D eigenvalue weighted by Crippen LogP contribution is -2.44. The van der Waals surface area contributed by atoms with Gasteiger partial charge in [-0.25, -0.2) is 0 Å². The molecule has 0 spiro atoms. The van der Waals surface area contributed by atoms with Gasteiger partial charge in [-0.3, -0.25) is 4.79 Å². The number of hydrogen-bond donors (Lipinski definition) is 1. The van der Waals surface area contributed by atoms with Crippen molar-refractivity contribution in [2.24, 2.45) is 5.41 Å². The molecule has 1 aliphatic heterocycles. The lowest BCUT2D eigenvalue weighted by atomic mass is 9.81. The number of nitrogens with zero attached hydrogens (tertiary/aromatic N) is 1. The molecule has 1 heterocycles. The van der Waals surface area contributed by atoms with Gasteiger partial charge in [0, 0.05) is 20.1 Å². The van der Waals surface area contributed by atoms with Crippen LogP contribution in [0.2, 0.25) is 0 Å². The maximum absolute atomic E-state index is 12.8. The maximum Gasteiger partial charge on any atom is 0.229 e. The molecule has 0 saturated carbocycles. The molecule has 1 N–H and O–H groups in total. The second-order valence-electron chi connectivity index (χ2n) is 5.92. The molecule has 1 saturated heterocycles. The van der Waals surface area contributed by atoms with Crippen molar-refractivity contribution in [1.29, 1.82) is 0 Å². The van der Waals surface area contributed by atoms with Crippen molar-refractivity contribution in [2.75, 3.05) is 26.7 Å². The van der Waals surface area contributed by atoms with E-state index in [0.29, 0.717) is 5.91 Å². The fourth-order valence-electron chi connectivity index (χ4n) is 3.17. The molecule has 0 aromatic heterocycles. The van der Waals surface area contributed by atoms with E-state index in [1.807, 2.05) is 18.0 Å². The zero-order valence-electron chi connectivity index (χ0n) is 12.7. The van der Waals surface area contributed by atoms with Gasteiger partial charge in [0.05, 0.1) is 5.41 Å². The van der Waals surface area contributed by atoms with Crippen LogP contribution in [0.5, 0.6) is 0 Å². The van der Waals surface area contributed by atoms with Crippen LogP contribution in [0, 0.1) is 5.41 Å².